The van der Waals surface area contributed by atoms with Crippen molar-refractivity contribution >= 4 is 11.3 Å². The van der Waals surface area contributed by atoms with Crippen molar-refractivity contribution in [1.82, 2.24) is 19.4 Å². The van der Waals surface area contributed by atoms with E-state index in [4.69, 9.17) is 0 Å². The highest BCUT2D eigenvalue weighted by atomic mass is 32.1. The second kappa shape index (κ2) is 7.25. The Morgan fingerprint density at radius 1 is 1.32 bits per heavy atom. The van der Waals surface area contributed by atoms with Gasteiger partial charge in [0.1, 0.15) is 0 Å². The van der Waals surface area contributed by atoms with E-state index in [1.165, 1.54) is 4.57 Å². The zero-order valence-corrected chi connectivity index (χ0v) is 14.6. The molecular formula is C16H19F3N4OS. The molecule has 0 atom stereocenters. The number of piperidine rings is 1. The molecule has 9 heteroatoms. The van der Waals surface area contributed by atoms with Gasteiger partial charge in [-0.1, -0.05) is 0 Å². The minimum atomic E-state index is -4.59. The van der Waals surface area contributed by atoms with E-state index in [0.717, 1.165) is 49.5 Å². The number of alkyl halides is 3. The van der Waals surface area contributed by atoms with Gasteiger partial charge in [0.25, 0.3) is 5.56 Å². The topological polar surface area (TPSA) is 51.0 Å². The Balaban J connectivity index is 1.54. The van der Waals surface area contributed by atoms with Crippen molar-refractivity contribution in [3.05, 3.63) is 44.5 Å². The number of likely N-dealkylation sites (tertiary alicyclic amines) is 1. The van der Waals surface area contributed by atoms with Crippen molar-refractivity contribution in [3.63, 3.8) is 0 Å². The molecule has 0 radical (unpaired) electrons. The highest BCUT2D eigenvalue weighted by Gasteiger charge is 2.33. The Kier molecular flexibility index (Phi) is 5.24. The maximum Gasteiger partial charge on any atom is 0.433 e. The van der Waals surface area contributed by atoms with Crippen molar-refractivity contribution in [2.75, 3.05) is 13.1 Å². The minimum absolute atomic E-state index is 0.268. The third-order valence-electron chi connectivity index (χ3n) is 4.38. The minimum Gasteiger partial charge on any atom is -0.299 e. The lowest BCUT2D eigenvalue weighted by atomic mass is 9.96. The average molecular weight is 372 g/mol. The van der Waals surface area contributed by atoms with Crippen LogP contribution in [0.3, 0.4) is 0 Å². The van der Waals surface area contributed by atoms with Gasteiger partial charge in [0.2, 0.25) is 0 Å². The fourth-order valence-corrected chi connectivity index (χ4v) is 3.64. The zero-order chi connectivity index (χ0) is 18.0. The molecule has 25 heavy (non-hydrogen) atoms. The van der Waals surface area contributed by atoms with Crippen molar-refractivity contribution in [2.24, 2.45) is 5.92 Å². The first kappa shape index (κ1) is 18.1. The molecule has 5 nitrogen and oxygen atoms in total. The number of aromatic nitrogens is 3. The second-order valence-electron chi connectivity index (χ2n) is 6.34. The van der Waals surface area contributed by atoms with Gasteiger partial charge in [0.15, 0.2) is 5.69 Å². The molecule has 1 saturated heterocycles. The standard InChI is InChI=1S/C16H19F3N4OS/c1-11-21-13(9-25-11)8-22-4-2-12(3-5-22)7-23-10-20-14(6-15(23)24)16(17,18)19/h6,9-10,12H,2-5,7-8H2,1H3. The quantitative estimate of drug-likeness (QED) is 0.828. The van der Waals surface area contributed by atoms with E-state index in [9.17, 15) is 18.0 Å². The Bertz CT molecular complexity index is 778. The first-order valence-corrected chi connectivity index (χ1v) is 8.96. The molecule has 136 valence electrons. The maximum absolute atomic E-state index is 12.6. The van der Waals surface area contributed by atoms with Crippen molar-refractivity contribution in [3.8, 4) is 0 Å². The van der Waals surface area contributed by atoms with Gasteiger partial charge in [-0.3, -0.25) is 14.3 Å². The third-order valence-corrected chi connectivity index (χ3v) is 5.21. The van der Waals surface area contributed by atoms with E-state index in [1.807, 2.05) is 6.92 Å². The predicted octanol–water partition coefficient (Wildman–Crippen LogP) is 2.94. The van der Waals surface area contributed by atoms with Gasteiger partial charge in [0, 0.05) is 24.5 Å². The van der Waals surface area contributed by atoms with Crippen LogP contribution in [0.15, 0.2) is 22.6 Å². The molecule has 0 N–H and O–H groups in total. The molecule has 0 amide bonds. The summed E-state index contributed by atoms with van der Waals surface area (Å²) in [6.07, 6.45) is -1.78. The van der Waals surface area contributed by atoms with E-state index in [0.29, 0.717) is 12.6 Å². The van der Waals surface area contributed by atoms with E-state index < -0.39 is 17.4 Å². The molecule has 1 aliphatic rings. The first-order valence-electron chi connectivity index (χ1n) is 8.08. The monoisotopic (exact) mass is 372 g/mol. The Morgan fingerprint density at radius 3 is 2.60 bits per heavy atom. The molecule has 3 rings (SSSR count). The Hall–Kier alpha value is -1.74. The average Bonchev–Trinajstić information content (AvgIpc) is 2.95. The first-order chi connectivity index (χ1) is 11.8. The van der Waals surface area contributed by atoms with E-state index in [-0.39, 0.29) is 5.92 Å². The Labute approximate surface area is 147 Å². The highest BCUT2D eigenvalue weighted by Crippen LogP contribution is 2.26. The van der Waals surface area contributed by atoms with Crippen LogP contribution in [0.25, 0.3) is 0 Å². The summed E-state index contributed by atoms with van der Waals surface area (Å²) in [4.78, 5) is 22.0. The fraction of sp³-hybridized carbons (Fsp3) is 0.562. The molecule has 3 heterocycles. The summed E-state index contributed by atoms with van der Waals surface area (Å²) in [5.41, 5.74) is -0.714. The van der Waals surface area contributed by atoms with Crippen LogP contribution < -0.4 is 5.56 Å². The highest BCUT2D eigenvalue weighted by molar-refractivity contribution is 7.09. The van der Waals surface area contributed by atoms with E-state index >= 15 is 0 Å². The SMILES string of the molecule is Cc1nc(CN2CCC(Cn3cnc(C(F)(F)F)cc3=O)CC2)cs1. The van der Waals surface area contributed by atoms with Crippen LogP contribution in [-0.4, -0.2) is 32.5 Å². The van der Waals surface area contributed by atoms with E-state index in [1.54, 1.807) is 11.3 Å². The number of hydrogen-bond donors (Lipinski definition) is 0. The van der Waals surface area contributed by atoms with Crippen molar-refractivity contribution < 1.29 is 13.2 Å². The number of hydrogen-bond acceptors (Lipinski definition) is 5. The smallest absolute Gasteiger partial charge is 0.299 e. The maximum atomic E-state index is 12.6. The van der Waals surface area contributed by atoms with Crippen LogP contribution in [0.1, 0.15) is 29.2 Å². The van der Waals surface area contributed by atoms with Gasteiger partial charge in [0.05, 0.1) is 17.0 Å². The molecule has 2 aromatic heterocycles. The number of aryl methyl sites for hydroxylation is 1. The molecule has 0 aliphatic carbocycles. The molecule has 0 aromatic carbocycles. The van der Waals surface area contributed by atoms with Crippen LogP contribution in [0.2, 0.25) is 0 Å². The lowest BCUT2D eigenvalue weighted by Crippen LogP contribution is -2.36. The number of rotatable bonds is 4. The molecular weight excluding hydrogens is 353 g/mol. The fourth-order valence-electron chi connectivity index (χ4n) is 3.03. The summed E-state index contributed by atoms with van der Waals surface area (Å²) in [5.74, 6) is 0.268. The van der Waals surface area contributed by atoms with Crippen LogP contribution in [0.5, 0.6) is 0 Å². The zero-order valence-electron chi connectivity index (χ0n) is 13.8. The van der Waals surface area contributed by atoms with Gasteiger partial charge in [-0.2, -0.15) is 13.2 Å². The molecule has 0 bridgehead atoms. The molecule has 1 aliphatic heterocycles. The van der Waals surface area contributed by atoms with Gasteiger partial charge in [-0.25, -0.2) is 9.97 Å². The number of thiazole rings is 1. The molecule has 0 saturated carbocycles. The van der Waals surface area contributed by atoms with Crippen molar-refractivity contribution in [1.29, 1.82) is 0 Å². The molecule has 0 unspecified atom stereocenters. The summed E-state index contributed by atoms with van der Waals surface area (Å²) in [6, 6.07) is 0.569. The number of halogens is 3. The summed E-state index contributed by atoms with van der Waals surface area (Å²) in [6.45, 7) is 5.00. The third kappa shape index (κ3) is 4.66. The molecule has 2 aromatic rings. The predicted molar refractivity (Wildman–Crippen MR) is 88.4 cm³/mol. The molecule has 1 fully saturated rings. The van der Waals surface area contributed by atoms with Gasteiger partial charge in [-0.15, -0.1) is 11.3 Å². The lowest BCUT2D eigenvalue weighted by Gasteiger charge is -2.31. The summed E-state index contributed by atoms with van der Waals surface area (Å²) in [5, 5.41) is 3.12. The van der Waals surface area contributed by atoms with Crippen molar-refractivity contribution in [2.45, 2.75) is 39.0 Å². The summed E-state index contributed by atoms with van der Waals surface area (Å²) in [7, 11) is 0. The lowest BCUT2D eigenvalue weighted by molar-refractivity contribution is -0.141. The second-order valence-corrected chi connectivity index (χ2v) is 7.40. The normalized spacial score (nSPS) is 17.1. The summed E-state index contributed by atoms with van der Waals surface area (Å²) < 4.78 is 39.0. The van der Waals surface area contributed by atoms with Crippen LogP contribution in [0.4, 0.5) is 13.2 Å². The Morgan fingerprint density at radius 2 is 2.04 bits per heavy atom. The van der Waals surface area contributed by atoms with Crippen LogP contribution in [-0.2, 0) is 19.3 Å². The van der Waals surface area contributed by atoms with Gasteiger partial charge in [-0.05, 0) is 38.8 Å². The number of nitrogens with zero attached hydrogens (tertiary/aromatic N) is 4. The van der Waals surface area contributed by atoms with Crippen LogP contribution >= 0.6 is 11.3 Å². The largest absolute Gasteiger partial charge is 0.433 e. The summed E-state index contributed by atoms with van der Waals surface area (Å²) >= 11 is 1.64. The van der Waals surface area contributed by atoms with Crippen LogP contribution in [0, 0.1) is 12.8 Å². The van der Waals surface area contributed by atoms with Gasteiger partial charge >= 0.3 is 6.18 Å². The van der Waals surface area contributed by atoms with Gasteiger partial charge < -0.3 is 0 Å². The molecule has 0 spiro atoms. The van der Waals surface area contributed by atoms with E-state index in [2.05, 4.69) is 20.2 Å².